The molecule has 13 heteroatoms. The Kier molecular flexibility index (Phi) is 7.89. The maximum Gasteiger partial charge on any atom is 0.227 e. The highest BCUT2D eigenvalue weighted by Crippen LogP contribution is 2.38. The van der Waals surface area contributed by atoms with E-state index in [4.69, 9.17) is 15.5 Å². The molecule has 6 rings (SSSR count). The van der Waals surface area contributed by atoms with Crippen molar-refractivity contribution in [1.82, 2.24) is 19.9 Å². The first-order chi connectivity index (χ1) is 20.0. The maximum atomic E-state index is 14.1. The van der Waals surface area contributed by atoms with Gasteiger partial charge in [-0.3, -0.25) is 0 Å². The second kappa shape index (κ2) is 12.0. The molecule has 0 radical (unpaired) electrons. The van der Waals surface area contributed by atoms with Gasteiger partial charge < -0.3 is 25.4 Å². The van der Waals surface area contributed by atoms with E-state index in [1.165, 1.54) is 29.5 Å². The quantitative estimate of drug-likeness (QED) is 0.180. The molecule has 5 aromatic rings. The van der Waals surface area contributed by atoms with Gasteiger partial charge in [0.1, 0.15) is 17.5 Å². The summed E-state index contributed by atoms with van der Waals surface area (Å²) in [5.74, 6) is 0.0305. The normalized spacial score (nSPS) is 13.3. The second-order valence-corrected chi connectivity index (χ2v) is 10.8. The van der Waals surface area contributed by atoms with E-state index in [2.05, 4.69) is 29.9 Å². The van der Waals surface area contributed by atoms with E-state index < -0.39 is 11.6 Å². The number of thiazole rings is 1. The third-order valence-electron chi connectivity index (χ3n) is 6.20. The van der Waals surface area contributed by atoms with Crippen LogP contribution in [0.25, 0.3) is 21.8 Å². The fourth-order valence-corrected chi connectivity index (χ4v) is 5.74. The number of anilines is 5. The lowest BCUT2D eigenvalue weighted by Gasteiger charge is -2.27. The highest BCUT2D eigenvalue weighted by Gasteiger charge is 2.17. The molecule has 0 saturated carbocycles. The number of aromatic nitrogens is 4. The average molecular weight is 591 g/mol. The summed E-state index contributed by atoms with van der Waals surface area (Å²) in [7, 11) is 0. The lowest BCUT2D eigenvalue weighted by molar-refractivity contribution is 0.122. The zero-order valence-corrected chi connectivity index (χ0v) is 23.2. The first-order valence-corrected chi connectivity index (χ1v) is 14.3. The summed E-state index contributed by atoms with van der Waals surface area (Å²) in [5, 5.41) is 3.59. The molecule has 0 aliphatic carbocycles. The molecule has 9 nitrogen and oxygen atoms in total. The summed E-state index contributed by atoms with van der Waals surface area (Å²) in [6.07, 6.45) is 3.41. The Hall–Kier alpha value is -4.33. The summed E-state index contributed by atoms with van der Waals surface area (Å²) >= 11 is 2.17. The zero-order chi connectivity index (χ0) is 28.2. The third-order valence-corrected chi connectivity index (χ3v) is 8.04. The van der Waals surface area contributed by atoms with E-state index >= 15 is 0 Å². The van der Waals surface area contributed by atoms with Gasteiger partial charge in [0.15, 0.2) is 5.13 Å². The van der Waals surface area contributed by atoms with Gasteiger partial charge in [0, 0.05) is 30.5 Å². The number of morpholine rings is 1. The minimum absolute atomic E-state index is 0.108. The van der Waals surface area contributed by atoms with Crippen LogP contribution in [0.3, 0.4) is 0 Å². The minimum atomic E-state index is -0.634. The van der Waals surface area contributed by atoms with Gasteiger partial charge in [0.2, 0.25) is 5.95 Å². The monoisotopic (exact) mass is 590 g/mol. The van der Waals surface area contributed by atoms with Gasteiger partial charge in [-0.2, -0.15) is 0 Å². The fourth-order valence-electron chi connectivity index (χ4n) is 4.24. The van der Waals surface area contributed by atoms with Crippen LogP contribution >= 0.6 is 23.3 Å². The molecule has 4 heterocycles. The summed E-state index contributed by atoms with van der Waals surface area (Å²) in [6, 6.07) is 16.8. The van der Waals surface area contributed by atoms with Crippen LogP contribution in [-0.2, 0) is 4.74 Å². The van der Waals surface area contributed by atoms with Crippen molar-refractivity contribution >= 4 is 51.6 Å². The summed E-state index contributed by atoms with van der Waals surface area (Å²) in [6.45, 7) is 3.01. The van der Waals surface area contributed by atoms with Gasteiger partial charge in [-0.05, 0) is 54.4 Å². The maximum absolute atomic E-state index is 14.1. The van der Waals surface area contributed by atoms with Crippen LogP contribution in [0.1, 0.15) is 0 Å². The number of nitrogens with one attached hydrogen (secondary N) is 2. The predicted molar refractivity (Wildman–Crippen MR) is 159 cm³/mol. The van der Waals surface area contributed by atoms with Crippen LogP contribution in [0.15, 0.2) is 78.0 Å². The molecule has 0 unspecified atom stereocenters. The number of ether oxygens (including phenoxy) is 1. The van der Waals surface area contributed by atoms with Crippen LogP contribution in [0.2, 0.25) is 0 Å². The third kappa shape index (κ3) is 6.21. The minimum Gasteiger partial charge on any atom is -0.378 e. The molecule has 208 valence electrons. The molecule has 1 aliphatic heterocycles. The van der Waals surface area contributed by atoms with E-state index in [0.717, 1.165) is 47.0 Å². The predicted octanol–water partition coefficient (Wildman–Crippen LogP) is 6.22. The molecule has 4 N–H and O–H groups in total. The number of halogens is 2. The van der Waals surface area contributed by atoms with E-state index in [1.807, 2.05) is 30.3 Å². The Morgan fingerprint density at radius 3 is 2.51 bits per heavy atom. The Balaban J connectivity index is 1.21. The van der Waals surface area contributed by atoms with Crippen molar-refractivity contribution in [3.63, 3.8) is 0 Å². The topological polar surface area (TPSA) is 114 Å². The number of nitrogens with two attached hydrogens (primary N) is 1. The Bertz CT molecular complexity index is 1640. The van der Waals surface area contributed by atoms with E-state index in [9.17, 15) is 8.78 Å². The van der Waals surface area contributed by atoms with Crippen LogP contribution in [0.4, 0.5) is 37.1 Å². The molecule has 3 aromatic heterocycles. The highest BCUT2D eigenvalue weighted by atomic mass is 32.2. The van der Waals surface area contributed by atoms with E-state index in [1.54, 1.807) is 24.5 Å². The van der Waals surface area contributed by atoms with Crippen molar-refractivity contribution in [2.45, 2.75) is 4.90 Å². The summed E-state index contributed by atoms with van der Waals surface area (Å²) < 4.78 is 36.5. The molecule has 0 amide bonds. The van der Waals surface area contributed by atoms with Crippen LogP contribution in [0, 0.1) is 11.6 Å². The van der Waals surface area contributed by atoms with Gasteiger partial charge in [-0.25, -0.2) is 28.7 Å². The van der Waals surface area contributed by atoms with Crippen LogP contribution in [-0.4, -0.2) is 46.2 Å². The van der Waals surface area contributed by atoms with Gasteiger partial charge in [-0.1, -0.05) is 29.5 Å². The first-order valence-electron chi connectivity index (χ1n) is 12.7. The van der Waals surface area contributed by atoms with Crippen molar-refractivity contribution in [3.05, 3.63) is 84.7 Å². The smallest absolute Gasteiger partial charge is 0.227 e. The number of nitrogen functional groups attached to an aromatic ring is 1. The van der Waals surface area contributed by atoms with Gasteiger partial charge in [0.05, 0.1) is 46.3 Å². The van der Waals surface area contributed by atoms with Crippen molar-refractivity contribution in [1.29, 1.82) is 0 Å². The van der Waals surface area contributed by atoms with E-state index in [0.29, 0.717) is 41.4 Å². The average Bonchev–Trinajstić information content (AvgIpc) is 3.40. The first kappa shape index (κ1) is 26.9. The molecule has 0 atom stereocenters. The molecule has 1 fully saturated rings. The number of benzene rings is 2. The fraction of sp³-hybridized carbons (Fsp3) is 0.143. The van der Waals surface area contributed by atoms with E-state index in [-0.39, 0.29) is 4.90 Å². The Morgan fingerprint density at radius 1 is 0.927 bits per heavy atom. The molecule has 0 bridgehead atoms. The largest absolute Gasteiger partial charge is 0.378 e. The number of pyridine rings is 1. The Morgan fingerprint density at radius 2 is 1.73 bits per heavy atom. The molecule has 1 aliphatic rings. The standard InChI is InChI=1S/C28H24F2N8OS2/c29-20-5-2-6-21(30)25(20)41-37-18-4-1-3-17(15-18)24-26(40-27(31)36-24)22-9-10-32-28(35-22)34-19-7-8-23(33-16-19)38-11-13-39-14-12-38/h1-10,15-16,37H,11-14H2,(H2,31,36)(H,32,34,35). The van der Waals surface area contributed by atoms with Crippen molar-refractivity contribution in [3.8, 4) is 21.8 Å². The molecular weight excluding hydrogens is 566 g/mol. The molecule has 0 spiro atoms. The second-order valence-electron chi connectivity index (χ2n) is 8.96. The number of hydrogen-bond acceptors (Lipinski definition) is 11. The van der Waals surface area contributed by atoms with Crippen LogP contribution in [0.5, 0.6) is 0 Å². The SMILES string of the molecule is Nc1nc(-c2cccc(NSc3c(F)cccc3F)c2)c(-c2ccnc(Nc3ccc(N4CCOCC4)nc3)n2)s1. The lowest BCUT2D eigenvalue weighted by atomic mass is 10.1. The number of hydrogen-bond donors (Lipinski definition) is 3. The summed E-state index contributed by atoms with van der Waals surface area (Å²) in [5.41, 5.74) is 9.57. The zero-order valence-electron chi connectivity index (χ0n) is 21.6. The number of nitrogens with zero attached hydrogens (tertiary/aromatic N) is 5. The number of rotatable bonds is 8. The van der Waals surface area contributed by atoms with Crippen molar-refractivity contribution in [2.24, 2.45) is 0 Å². The van der Waals surface area contributed by atoms with Gasteiger partial charge >= 0.3 is 0 Å². The lowest BCUT2D eigenvalue weighted by Crippen LogP contribution is -2.36. The molecular formula is C28H24F2N8OS2. The highest BCUT2D eigenvalue weighted by molar-refractivity contribution is 8.00. The summed E-state index contributed by atoms with van der Waals surface area (Å²) in [4.78, 5) is 21.0. The van der Waals surface area contributed by atoms with Crippen LogP contribution < -0.4 is 20.7 Å². The van der Waals surface area contributed by atoms with Gasteiger partial charge in [-0.15, -0.1) is 0 Å². The molecule has 2 aromatic carbocycles. The van der Waals surface area contributed by atoms with Crippen molar-refractivity contribution in [2.75, 3.05) is 47.0 Å². The van der Waals surface area contributed by atoms with Crippen molar-refractivity contribution < 1.29 is 13.5 Å². The molecule has 1 saturated heterocycles. The molecule has 41 heavy (non-hydrogen) atoms. The van der Waals surface area contributed by atoms with Gasteiger partial charge in [0.25, 0.3) is 0 Å². The Labute approximate surface area is 243 Å².